The van der Waals surface area contributed by atoms with E-state index >= 15 is 0 Å². The molecular weight excluding hydrogens is 273 g/mol. The molecule has 0 aliphatic rings. The van der Waals surface area contributed by atoms with Crippen molar-refractivity contribution in [2.45, 2.75) is 0 Å². The van der Waals surface area contributed by atoms with E-state index < -0.39 is 11.8 Å². The topological polar surface area (TPSA) is 63.3 Å². The zero-order chi connectivity index (χ0) is 14.8. The van der Waals surface area contributed by atoms with Crippen LogP contribution in [0.3, 0.4) is 0 Å². The third kappa shape index (κ3) is 2.29. The SMILES string of the molecule is O=C(O)c1c(-c2ccccc2F)noc1-c1ccccc1. The van der Waals surface area contributed by atoms with Gasteiger partial charge in [0, 0.05) is 11.1 Å². The molecule has 1 heterocycles. The summed E-state index contributed by atoms with van der Waals surface area (Å²) in [5.41, 5.74) is 0.511. The largest absolute Gasteiger partial charge is 0.477 e. The number of halogens is 1. The lowest BCUT2D eigenvalue weighted by Crippen LogP contribution is -2.00. The Morgan fingerprint density at radius 3 is 2.38 bits per heavy atom. The Morgan fingerprint density at radius 1 is 1.05 bits per heavy atom. The van der Waals surface area contributed by atoms with Gasteiger partial charge in [0.25, 0.3) is 0 Å². The third-order valence-electron chi connectivity index (χ3n) is 3.07. The third-order valence-corrected chi connectivity index (χ3v) is 3.07. The fourth-order valence-corrected chi connectivity index (χ4v) is 2.11. The van der Waals surface area contributed by atoms with Gasteiger partial charge in [-0.3, -0.25) is 0 Å². The molecule has 1 N–H and O–H groups in total. The maximum absolute atomic E-state index is 13.9. The van der Waals surface area contributed by atoms with Crippen LogP contribution in [-0.2, 0) is 0 Å². The first-order valence-corrected chi connectivity index (χ1v) is 6.22. The van der Waals surface area contributed by atoms with Gasteiger partial charge < -0.3 is 9.63 Å². The summed E-state index contributed by atoms with van der Waals surface area (Å²) < 4.78 is 19.0. The molecule has 0 saturated heterocycles. The Bertz CT molecular complexity index is 796. The molecule has 4 nitrogen and oxygen atoms in total. The second-order valence-corrected chi connectivity index (χ2v) is 4.39. The molecule has 21 heavy (non-hydrogen) atoms. The van der Waals surface area contributed by atoms with Crippen LogP contribution in [0.1, 0.15) is 10.4 Å². The molecule has 0 radical (unpaired) electrons. The standard InChI is InChI=1S/C16H10FNO3/c17-12-9-5-4-8-11(12)14-13(16(19)20)15(21-18-14)10-6-2-1-3-7-10/h1-9H,(H,19,20). The highest BCUT2D eigenvalue weighted by molar-refractivity contribution is 6.00. The van der Waals surface area contributed by atoms with Gasteiger partial charge in [0.15, 0.2) is 5.76 Å². The first kappa shape index (κ1) is 13.1. The molecule has 0 aliphatic heterocycles. The minimum Gasteiger partial charge on any atom is -0.477 e. The molecule has 5 heteroatoms. The molecule has 0 fully saturated rings. The predicted octanol–water partition coefficient (Wildman–Crippen LogP) is 3.85. The van der Waals surface area contributed by atoms with Crippen LogP contribution in [0.25, 0.3) is 22.6 Å². The smallest absolute Gasteiger partial charge is 0.342 e. The van der Waals surface area contributed by atoms with E-state index in [1.165, 1.54) is 18.2 Å². The van der Waals surface area contributed by atoms with Crippen molar-refractivity contribution in [2.75, 3.05) is 0 Å². The van der Waals surface area contributed by atoms with E-state index in [-0.39, 0.29) is 22.6 Å². The molecule has 1 aromatic heterocycles. The fraction of sp³-hybridized carbons (Fsp3) is 0. The summed E-state index contributed by atoms with van der Waals surface area (Å²) >= 11 is 0. The number of rotatable bonds is 3. The van der Waals surface area contributed by atoms with Crippen LogP contribution in [0.4, 0.5) is 4.39 Å². The molecule has 0 aliphatic carbocycles. The van der Waals surface area contributed by atoms with Crippen molar-refractivity contribution < 1.29 is 18.8 Å². The van der Waals surface area contributed by atoms with Crippen molar-refractivity contribution in [2.24, 2.45) is 0 Å². The highest BCUT2D eigenvalue weighted by Crippen LogP contribution is 2.33. The predicted molar refractivity (Wildman–Crippen MR) is 74.3 cm³/mol. The van der Waals surface area contributed by atoms with Crippen molar-refractivity contribution in [3.63, 3.8) is 0 Å². The summed E-state index contributed by atoms with van der Waals surface area (Å²) in [6, 6.07) is 14.6. The Kier molecular flexibility index (Phi) is 3.23. The Morgan fingerprint density at radius 2 is 1.71 bits per heavy atom. The minimum absolute atomic E-state index is 0.0144. The van der Waals surface area contributed by atoms with E-state index in [1.54, 1.807) is 36.4 Å². The van der Waals surface area contributed by atoms with E-state index in [2.05, 4.69) is 5.16 Å². The van der Waals surface area contributed by atoms with E-state index in [4.69, 9.17) is 4.52 Å². The van der Waals surface area contributed by atoms with Crippen LogP contribution in [0, 0.1) is 5.82 Å². The lowest BCUT2D eigenvalue weighted by atomic mass is 10.0. The second-order valence-electron chi connectivity index (χ2n) is 4.39. The number of carboxylic acid groups (broad SMARTS) is 1. The normalized spacial score (nSPS) is 10.5. The average Bonchev–Trinajstić information content (AvgIpc) is 2.93. The Hall–Kier alpha value is -2.95. The van der Waals surface area contributed by atoms with Gasteiger partial charge in [0.05, 0.1) is 0 Å². The van der Waals surface area contributed by atoms with Gasteiger partial charge in [0.1, 0.15) is 17.1 Å². The fourth-order valence-electron chi connectivity index (χ4n) is 2.11. The number of carboxylic acids is 1. The van der Waals surface area contributed by atoms with Gasteiger partial charge in [-0.2, -0.15) is 0 Å². The van der Waals surface area contributed by atoms with Crippen molar-refractivity contribution in [1.82, 2.24) is 5.16 Å². The van der Waals surface area contributed by atoms with Crippen LogP contribution in [-0.4, -0.2) is 16.2 Å². The van der Waals surface area contributed by atoms with Crippen LogP contribution < -0.4 is 0 Å². The highest BCUT2D eigenvalue weighted by atomic mass is 19.1. The maximum atomic E-state index is 13.9. The number of benzene rings is 2. The molecule has 0 bridgehead atoms. The maximum Gasteiger partial charge on any atom is 0.342 e. The lowest BCUT2D eigenvalue weighted by molar-refractivity contribution is 0.0698. The number of aromatic nitrogens is 1. The van der Waals surface area contributed by atoms with Gasteiger partial charge in [0.2, 0.25) is 0 Å². The summed E-state index contributed by atoms with van der Waals surface area (Å²) in [6.07, 6.45) is 0. The van der Waals surface area contributed by atoms with Gasteiger partial charge in [-0.15, -0.1) is 0 Å². The number of carbonyl (C=O) groups is 1. The van der Waals surface area contributed by atoms with Gasteiger partial charge in [-0.1, -0.05) is 47.6 Å². The quantitative estimate of drug-likeness (QED) is 0.793. The molecule has 0 spiro atoms. The van der Waals surface area contributed by atoms with Gasteiger partial charge in [-0.25, -0.2) is 9.18 Å². The Labute approximate surface area is 119 Å². The minimum atomic E-state index is -1.21. The summed E-state index contributed by atoms with van der Waals surface area (Å²) in [4.78, 5) is 11.5. The summed E-state index contributed by atoms with van der Waals surface area (Å²) in [5.74, 6) is -1.65. The molecule has 0 amide bonds. The van der Waals surface area contributed by atoms with Crippen molar-refractivity contribution in [3.8, 4) is 22.6 Å². The summed E-state index contributed by atoms with van der Waals surface area (Å²) in [5, 5.41) is 13.2. The van der Waals surface area contributed by atoms with E-state index in [1.807, 2.05) is 0 Å². The lowest BCUT2D eigenvalue weighted by Gasteiger charge is -2.01. The van der Waals surface area contributed by atoms with E-state index in [9.17, 15) is 14.3 Å². The van der Waals surface area contributed by atoms with Crippen molar-refractivity contribution >= 4 is 5.97 Å². The van der Waals surface area contributed by atoms with E-state index in [0.717, 1.165) is 0 Å². The first-order chi connectivity index (χ1) is 10.2. The summed E-state index contributed by atoms with van der Waals surface area (Å²) in [7, 11) is 0. The van der Waals surface area contributed by atoms with Crippen LogP contribution in [0.15, 0.2) is 59.1 Å². The number of aromatic carboxylic acids is 1. The molecule has 104 valence electrons. The zero-order valence-corrected chi connectivity index (χ0v) is 10.8. The van der Waals surface area contributed by atoms with Gasteiger partial charge >= 0.3 is 5.97 Å². The monoisotopic (exact) mass is 283 g/mol. The van der Waals surface area contributed by atoms with Crippen molar-refractivity contribution in [1.29, 1.82) is 0 Å². The van der Waals surface area contributed by atoms with Gasteiger partial charge in [-0.05, 0) is 12.1 Å². The average molecular weight is 283 g/mol. The Balaban J connectivity index is 2.23. The molecule has 2 aromatic carbocycles. The van der Waals surface area contributed by atoms with Crippen LogP contribution in [0.5, 0.6) is 0 Å². The second kappa shape index (κ2) is 5.20. The molecule has 0 unspecified atom stereocenters. The van der Waals surface area contributed by atoms with Crippen molar-refractivity contribution in [3.05, 3.63) is 66.0 Å². The summed E-state index contributed by atoms with van der Waals surface area (Å²) in [6.45, 7) is 0. The highest BCUT2D eigenvalue weighted by Gasteiger charge is 2.25. The number of hydrogen-bond donors (Lipinski definition) is 1. The first-order valence-electron chi connectivity index (χ1n) is 6.22. The number of nitrogens with zero attached hydrogens (tertiary/aromatic N) is 1. The molecule has 0 saturated carbocycles. The van der Waals surface area contributed by atoms with Crippen LogP contribution in [0.2, 0.25) is 0 Å². The zero-order valence-electron chi connectivity index (χ0n) is 10.8. The van der Waals surface area contributed by atoms with Crippen LogP contribution >= 0.6 is 0 Å². The number of hydrogen-bond acceptors (Lipinski definition) is 3. The molecule has 0 atom stereocenters. The molecular formula is C16H10FNO3. The molecule has 3 rings (SSSR count). The molecule has 3 aromatic rings. The van der Waals surface area contributed by atoms with E-state index in [0.29, 0.717) is 5.56 Å².